The number of aromatic nitrogens is 1. The minimum atomic E-state index is 0.833. The van der Waals surface area contributed by atoms with Crippen LogP contribution in [0.3, 0.4) is 0 Å². The zero-order valence-electron chi connectivity index (χ0n) is 7.28. The lowest BCUT2D eigenvalue weighted by Gasteiger charge is -1.99. The topological polar surface area (TPSA) is 15.8 Å². The molecule has 2 heterocycles. The van der Waals surface area contributed by atoms with E-state index in [4.69, 9.17) is 12.2 Å². The molecule has 0 saturated heterocycles. The molecular weight excluding hydrogens is 210 g/mol. The van der Waals surface area contributed by atoms with E-state index in [0.29, 0.717) is 0 Å². The van der Waals surface area contributed by atoms with Crippen molar-refractivity contribution >= 4 is 45.2 Å². The fourth-order valence-electron chi connectivity index (χ4n) is 1.70. The van der Waals surface area contributed by atoms with Gasteiger partial charge >= 0.3 is 0 Å². The van der Waals surface area contributed by atoms with Crippen LogP contribution in [0.2, 0.25) is 0 Å². The van der Waals surface area contributed by atoms with Crippen LogP contribution in [0, 0.1) is 4.64 Å². The van der Waals surface area contributed by atoms with Crippen LogP contribution < -0.4 is 0 Å². The largest absolute Gasteiger partial charge is 0.346 e. The summed E-state index contributed by atoms with van der Waals surface area (Å²) in [6.45, 7) is 0. The molecule has 0 fully saturated rings. The molecule has 0 radical (unpaired) electrons. The van der Waals surface area contributed by atoms with Crippen molar-refractivity contribution in [2.75, 3.05) is 0 Å². The van der Waals surface area contributed by atoms with Gasteiger partial charge < -0.3 is 4.98 Å². The molecular formula is C11H7NS2. The van der Waals surface area contributed by atoms with Crippen LogP contribution in [0.1, 0.15) is 0 Å². The van der Waals surface area contributed by atoms with E-state index in [1.54, 1.807) is 11.3 Å². The SMILES string of the molecule is S=c1[nH]c2ccccc2c2cscc12. The third kappa shape index (κ3) is 1.03. The van der Waals surface area contributed by atoms with Crippen LogP contribution in [0.15, 0.2) is 35.0 Å². The molecule has 0 aliphatic rings. The van der Waals surface area contributed by atoms with Crippen molar-refractivity contribution in [2.24, 2.45) is 0 Å². The molecule has 3 aromatic rings. The molecule has 1 nitrogen and oxygen atoms in total. The quantitative estimate of drug-likeness (QED) is 0.560. The Hall–Kier alpha value is -1.19. The molecule has 0 atom stereocenters. The monoisotopic (exact) mass is 217 g/mol. The van der Waals surface area contributed by atoms with Crippen molar-refractivity contribution in [3.8, 4) is 0 Å². The Morgan fingerprint density at radius 3 is 2.71 bits per heavy atom. The van der Waals surface area contributed by atoms with E-state index in [2.05, 4.69) is 33.9 Å². The van der Waals surface area contributed by atoms with Gasteiger partial charge in [-0.1, -0.05) is 30.4 Å². The van der Waals surface area contributed by atoms with Gasteiger partial charge in [0.25, 0.3) is 0 Å². The van der Waals surface area contributed by atoms with E-state index in [-0.39, 0.29) is 0 Å². The molecule has 3 heteroatoms. The van der Waals surface area contributed by atoms with Crippen LogP contribution in [-0.4, -0.2) is 4.98 Å². The second kappa shape index (κ2) is 2.90. The first kappa shape index (κ1) is 8.15. The summed E-state index contributed by atoms with van der Waals surface area (Å²) in [5.74, 6) is 0. The summed E-state index contributed by atoms with van der Waals surface area (Å²) in [6.07, 6.45) is 0. The lowest BCUT2D eigenvalue weighted by molar-refractivity contribution is 1.42. The van der Waals surface area contributed by atoms with Gasteiger partial charge in [0.05, 0.1) is 0 Å². The Bertz CT molecular complexity index is 663. The summed E-state index contributed by atoms with van der Waals surface area (Å²) in [5.41, 5.74) is 1.11. The maximum Gasteiger partial charge on any atom is 0.112 e. The van der Waals surface area contributed by atoms with Gasteiger partial charge in [-0.2, -0.15) is 11.3 Å². The first-order valence-electron chi connectivity index (χ1n) is 4.33. The highest BCUT2D eigenvalue weighted by Gasteiger charge is 2.02. The van der Waals surface area contributed by atoms with Gasteiger partial charge in [0.15, 0.2) is 0 Å². The van der Waals surface area contributed by atoms with Crippen molar-refractivity contribution in [2.45, 2.75) is 0 Å². The van der Waals surface area contributed by atoms with Crippen LogP contribution in [0.4, 0.5) is 0 Å². The van der Waals surface area contributed by atoms with Crippen molar-refractivity contribution in [3.05, 3.63) is 39.7 Å². The van der Waals surface area contributed by atoms with Crippen molar-refractivity contribution in [1.82, 2.24) is 4.98 Å². The Morgan fingerprint density at radius 1 is 1.00 bits per heavy atom. The highest BCUT2D eigenvalue weighted by molar-refractivity contribution is 7.71. The Kier molecular flexibility index (Phi) is 1.69. The standard InChI is InChI=1S/C11H7NS2/c13-11-9-6-14-5-8(9)7-3-1-2-4-10(7)12-11/h1-6H,(H,12,13). The summed E-state index contributed by atoms with van der Waals surface area (Å²) >= 11 is 6.98. The zero-order chi connectivity index (χ0) is 9.54. The molecule has 0 spiro atoms. The van der Waals surface area contributed by atoms with Crippen molar-refractivity contribution < 1.29 is 0 Å². The highest BCUT2D eigenvalue weighted by Crippen LogP contribution is 2.27. The summed E-state index contributed by atoms with van der Waals surface area (Å²) < 4.78 is 0.833. The van der Waals surface area contributed by atoms with E-state index < -0.39 is 0 Å². The number of hydrogen-bond acceptors (Lipinski definition) is 2. The number of nitrogens with one attached hydrogen (secondary N) is 1. The minimum absolute atomic E-state index is 0.833. The average molecular weight is 217 g/mol. The maximum absolute atomic E-state index is 5.29. The number of thiophene rings is 1. The number of para-hydroxylation sites is 1. The number of benzene rings is 1. The van der Waals surface area contributed by atoms with Gasteiger partial charge in [0.2, 0.25) is 0 Å². The predicted molar refractivity (Wildman–Crippen MR) is 64.5 cm³/mol. The zero-order valence-corrected chi connectivity index (χ0v) is 8.91. The third-order valence-corrected chi connectivity index (χ3v) is 3.44. The van der Waals surface area contributed by atoms with Crippen molar-refractivity contribution in [3.63, 3.8) is 0 Å². The van der Waals surface area contributed by atoms with E-state index in [9.17, 15) is 0 Å². The predicted octanol–water partition coefficient (Wildman–Crippen LogP) is 4.11. The molecule has 0 aliphatic heterocycles. The molecule has 14 heavy (non-hydrogen) atoms. The van der Waals surface area contributed by atoms with Gasteiger partial charge in [-0.05, 0) is 11.4 Å². The van der Waals surface area contributed by atoms with E-state index in [1.165, 1.54) is 10.8 Å². The summed E-state index contributed by atoms with van der Waals surface area (Å²) in [5, 5.41) is 7.91. The van der Waals surface area contributed by atoms with Crippen LogP contribution >= 0.6 is 23.6 Å². The fraction of sp³-hybridized carbons (Fsp3) is 0. The number of H-pyrrole nitrogens is 1. The molecule has 0 aliphatic carbocycles. The molecule has 1 N–H and O–H groups in total. The van der Waals surface area contributed by atoms with Gasteiger partial charge in [0.1, 0.15) is 4.64 Å². The molecule has 0 amide bonds. The second-order valence-corrected chi connectivity index (χ2v) is 4.35. The Balaban J connectivity index is 2.73. The van der Waals surface area contributed by atoms with Gasteiger partial charge in [0, 0.05) is 27.1 Å². The smallest absolute Gasteiger partial charge is 0.112 e. The highest BCUT2D eigenvalue weighted by atomic mass is 32.1. The number of aromatic amines is 1. The Morgan fingerprint density at radius 2 is 1.79 bits per heavy atom. The lowest BCUT2D eigenvalue weighted by atomic mass is 10.1. The van der Waals surface area contributed by atoms with Crippen LogP contribution in [-0.2, 0) is 0 Å². The van der Waals surface area contributed by atoms with E-state index in [0.717, 1.165) is 15.5 Å². The van der Waals surface area contributed by atoms with E-state index >= 15 is 0 Å². The van der Waals surface area contributed by atoms with Crippen molar-refractivity contribution in [1.29, 1.82) is 0 Å². The first-order chi connectivity index (χ1) is 6.86. The maximum atomic E-state index is 5.29. The second-order valence-electron chi connectivity index (χ2n) is 3.20. The molecule has 0 unspecified atom stereocenters. The average Bonchev–Trinajstić information content (AvgIpc) is 2.67. The van der Waals surface area contributed by atoms with E-state index in [1.807, 2.05) is 6.07 Å². The van der Waals surface area contributed by atoms with Gasteiger partial charge in [-0.25, -0.2) is 0 Å². The normalized spacial score (nSPS) is 11.1. The number of fused-ring (bicyclic) bond motifs is 3. The van der Waals surface area contributed by atoms with Crippen LogP contribution in [0.5, 0.6) is 0 Å². The minimum Gasteiger partial charge on any atom is -0.346 e. The van der Waals surface area contributed by atoms with Gasteiger partial charge in [-0.15, -0.1) is 0 Å². The molecule has 1 aromatic carbocycles. The first-order valence-corrected chi connectivity index (χ1v) is 5.68. The molecule has 0 saturated carbocycles. The number of rotatable bonds is 0. The molecule has 3 rings (SSSR count). The lowest BCUT2D eigenvalue weighted by Crippen LogP contribution is -1.79. The fourth-order valence-corrected chi connectivity index (χ4v) is 2.89. The molecule has 0 bridgehead atoms. The Labute approximate surface area is 90.0 Å². The summed E-state index contributed by atoms with van der Waals surface area (Å²) in [7, 11) is 0. The molecule has 68 valence electrons. The summed E-state index contributed by atoms with van der Waals surface area (Å²) in [4.78, 5) is 3.24. The van der Waals surface area contributed by atoms with Crippen LogP contribution in [0.25, 0.3) is 21.7 Å². The summed E-state index contributed by atoms with van der Waals surface area (Å²) in [6, 6.07) is 8.25. The van der Waals surface area contributed by atoms with Gasteiger partial charge in [-0.3, -0.25) is 0 Å². The third-order valence-electron chi connectivity index (χ3n) is 2.37. The number of hydrogen-bond donors (Lipinski definition) is 1. The molecule has 2 aromatic heterocycles. The number of pyridine rings is 1.